The van der Waals surface area contributed by atoms with Crippen LogP contribution < -0.4 is 15.4 Å². The summed E-state index contributed by atoms with van der Waals surface area (Å²) in [5, 5.41) is 5.65. The first-order valence-corrected chi connectivity index (χ1v) is 8.04. The van der Waals surface area contributed by atoms with E-state index in [0.29, 0.717) is 12.5 Å². The standard InChI is InChI=1S/C12H18F2N4O2S.HI/c1-15-12(16-5-6-18-21(2,19)20)17-8-9-7-10(13)3-4-11(9)14;/h3-4,7,18H,5-6,8H2,1-2H3,(H2,15,16,17);1H. The van der Waals surface area contributed by atoms with Crippen LogP contribution in [0.25, 0.3) is 0 Å². The molecule has 0 amide bonds. The number of nitrogens with zero attached hydrogens (tertiary/aromatic N) is 1. The molecule has 0 aliphatic heterocycles. The molecule has 0 aliphatic carbocycles. The van der Waals surface area contributed by atoms with Gasteiger partial charge in [-0.05, 0) is 18.2 Å². The van der Waals surface area contributed by atoms with Gasteiger partial charge < -0.3 is 10.6 Å². The molecular weight excluding hydrogens is 429 g/mol. The smallest absolute Gasteiger partial charge is 0.208 e. The number of guanidine groups is 1. The van der Waals surface area contributed by atoms with Gasteiger partial charge in [-0.1, -0.05) is 0 Å². The zero-order valence-corrected chi connectivity index (χ0v) is 15.3. The Kier molecular flexibility index (Phi) is 9.44. The molecule has 0 saturated carbocycles. The third kappa shape index (κ3) is 8.44. The van der Waals surface area contributed by atoms with Crippen molar-refractivity contribution >= 4 is 40.0 Å². The van der Waals surface area contributed by atoms with E-state index in [4.69, 9.17) is 0 Å². The van der Waals surface area contributed by atoms with Crippen LogP contribution in [-0.4, -0.2) is 40.8 Å². The van der Waals surface area contributed by atoms with Gasteiger partial charge in [0.15, 0.2) is 5.96 Å². The highest BCUT2D eigenvalue weighted by Gasteiger charge is 2.05. The lowest BCUT2D eigenvalue weighted by molar-refractivity contribution is 0.580. The van der Waals surface area contributed by atoms with Gasteiger partial charge in [0, 0.05) is 32.2 Å². The summed E-state index contributed by atoms with van der Waals surface area (Å²) in [6, 6.07) is 3.20. The third-order valence-electron chi connectivity index (χ3n) is 2.46. The highest BCUT2D eigenvalue weighted by atomic mass is 127. The lowest BCUT2D eigenvalue weighted by atomic mass is 10.2. The first-order valence-electron chi connectivity index (χ1n) is 6.15. The van der Waals surface area contributed by atoms with Crippen molar-refractivity contribution in [2.45, 2.75) is 6.54 Å². The maximum absolute atomic E-state index is 13.4. The molecule has 10 heteroatoms. The SMILES string of the molecule is CN=C(NCCNS(C)(=O)=O)NCc1cc(F)ccc1F.I. The van der Waals surface area contributed by atoms with Gasteiger partial charge in [-0.3, -0.25) is 4.99 Å². The molecule has 1 rings (SSSR count). The van der Waals surface area contributed by atoms with Gasteiger partial charge in [0.1, 0.15) is 11.6 Å². The van der Waals surface area contributed by atoms with E-state index in [-0.39, 0.29) is 42.6 Å². The lowest BCUT2D eigenvalue weighted by Crippen LogP contribution is -2.41. The summed E-state index contributed by atoms with van der Waals surface area (Å²) in [5.74, 6) is -0.680. The van der Waals surface area contributed by atoms with Crippen LogP contribution in [0.5, 0.6) is 0 Å². The van der Waals surface area contributed by atoms with Crippen molar-refractivity contribution in [1.82, 2.24) is 15.4 Å². The van der Waals surface area contributed by atoms with E-state index >= 15 is 0 Å². The minimum Gasteiger partial charge on any atom is -0.355 e. The van der Waals surface area contributed by atoms with Crippen molar-refractivity contribution in [1.29, 1.82) is 0 Å². The number of aliphatic imine (C=N–C) groups is 1. The number of halogens is 3. The van der Waals surface area contributed by atoms with Crippen molar-refractivity contribution in [2.24, 2.45) is 4.99 Å². The molecule has 0 radical (unpaired) electrons. The second-order valence-electron chi connectivity index (χ2n) is 4.25. The maximum Gasteiger partial charge on any atom is 0.208 e. The van der Waals surface area contributed by atoms with Crippen LogP contribution in [0.3, 0.4) is 0 Å². The quantitative estimate of drug-likeness (QED) is 0.260. The van der Waals surface area contributed by atoms with E-state index in [1.54, 1.807) is 0 Å². The molecule has 22 heavy (non-hydrogen) atoms. The highest BCUT2D eigenvalue weighted by Crippen LogP contribution is 2.08. The summed E-state index contributed by atoms with van der Waals surface area (Å²) in [6.07, 6.45) is 1.06. The second kappa shape index (κ2) is 9.90. The summed E-state index contributed by atoms with van der Waals surface area (Å²) in [6.45, 7) is 0.551. The molecule has 0 bridgehead atoms. The van der Waals surface area contributed by atoms with E-state index in [1.165, 1.54) is 7.05 Å². The largest absolute Gasteiger partial charge is 0.355 e. The van der Waals surface area contributed by atoms with Crippen LogP contribution in [0, 0.1) is 11.6 Å². The second-order valence-corrected chi connectivity index (χ2v) is 6.09. The predicted octanol–water partition coefficient (Wildman–Crippen LogP) is 0.797. The maximum atomic E-state index is 13.4. The molecule has 0 fully saturated rings. The fraction of sp³-hybridized carbons (Fsp3) is 0.417. The monoisotopic (exact) mass is 448 g/mol. The summed E-state index contributed by atoms with van der Waals surface area (Å²) < 4.78 is 50.5. The fourth-order valence-electron chi connectivity index (χ4n) is 1.50. The Morgan fingerprint density at radius 3 is 2.50 bits per heavy atom. The molecule has 0 spiro atoms. The van der Waals surface area contributed by atoms with Crippen LogP contribution in [0.15, 0.2) is 23.2 Å². The van der Waals surface area contributed by atoms with Gasteiger partial charge >= 0.3 is 0 Å². The Morgan fingerprint density at radius 2 is 1.91 bits per heavy atom. The lowest BCUT2D eigenvalue weighted by Gasteiger charge is -2.12. The van der Waals surface area contributed by atoms with Gasteiger partial charge in [-0.25, -0.2) is 21.9 Å². The summed E-state index contributed by atoms with van der Waals surface area (Å²) >= 11 is 0. The van der Waals surface area contributed by atoms with E-state index in [2.05, 4.69) is 20.3 Å². The van der Waals surface area contributed by atoms with Crippen LogP contribution in [0.4, 0.5) is 8.78 Å². The van der Waals surface area contributed by atoms with Crippen molar-refractivity contribution in [3.05, 3.63) is 35.4 Å². The van der Waals surface area contributed by atoms with Gasteiger partial charge in [0.2, 0.25) is 10.0 Å². The van der Waals surface area contributed by atoms with Gasteiger partial charge in [0.05, 0.1) is 6.26 Å². The van der Waals surface area contributed by atoms with Crippen molar-refractivity contribution in [3.63, 3.8) is 0 Å². The number of rotatable bonds is 6. The molecular formula is C12H19F2IN4O2S. The van der Waals surface area contributed by atoms with Crippen LogP contribution in [0.2, 0.25) is 0 Å². The summed E-state index contributed by atoms with van der Waals surface area (Å²) in [5.41, 5.74) is 0.173. The third-order valence-corrected chi connectivity index (χ3v) is 3.19. The highest BCUT2D eigenvalue weighted by molar-refractivity contribution is 14.0. The Bertz CT molecular complexity index is 611. The molecule has 0 aromatic heterocycles. The van der Waals surface area contributed by atoms with Gasteiger partial charge in [-0.15, -0.1) is 24.0 Å². The molecule has 3 N–H and O–H groups in total. The first-order chi connectivity index (χ1) is 9.81. The van der Waals surface area contributed by atoms with E-state index in [0.717, 1.165) is 24.5 Å². The Labute approximate surface area is 145 Å². The molecule has 0 unspecified atom stereocenters. The molecule has 126 valence electrons. The minimum atomic E-state index is -3.24. The molecule has 1 aromatic carbocycles. The Morgan fingerprint density at radius 1 is 1.23 bits per heavy atom. The predicted molar refractivity (Wildman–Crippen MR) is 92.8 cm³/mol. The Balaban J connectivity index is 0.00000441. The molecule has 0 saturated heterocycles. The zero-order chi connectivity index (χ0) is 15.9. The van der Waals surface area contributed by atoms with Crippen molar-refractivity contribution in [2.75, 3.05) is 26.4 Å². The fourth-order valence-corrected chi connectivity index (χ4v) is 1.97. The number of sulfonamides is 1. The molecule has 0 heterocycles. The number of nitrogens with one attached hydrogen (secondary N) is 3. The topological polar surface area (TPSA) is 82.6 Å². The first kappa shape index (κ1) is 21.0. The summed E-state index contributed by atoms with van der Waals surface area (Å²) in [4.78, 5) is 3.89. The molecule has 1 aromatic rings. The number of hydrogen-bond acceptors (Lipinski definition) is 3. The molecule has 6 nitrogen and oxygen atoms in total. The van der Waals surface area contributed by atoms with Crippen molar-refractivity contribution < 1.29 is 17.2 Å². The molecule has 0 aliphatic rings. The van der Waals surface area contributed by atoms with Crippen LogP contribution >= 0.6 is 24.0 Å². The van der Waals surface area contributed by atoms with Gasteiger partial charge in [-0.2, -0.15) is 0 Å². The summed E-state index contributed by atoms with van der Waals surface area (Å²) in [7, 11) is -1.72. The van der Waals surface area contributed by atoms with Crippen LogP contribution in [-0.2, 0) is 16.6 Å². The zero-order valence-electron chi connectivity index (χ0n) is 12.2. The normalized spacial score (nSPS) is 11.7. The average Bonchev–Trinajstić information content (AvgIpc) is 2.40. The minimum absolute atomic E-state index is 0. The van der Waals surface area contributed by atoms with E-state index in [9.17, 15) is 17.2 Å². The number of hydrogen-bond donors (Lipinski definition) is 3. The van der Waals surface area contributed by atoms with Crippen molar-refractivity contribution in [3.8, 4) is 0 Å². The van der Waals surface area contributed by atoms with E-state index in [1.807, 2.05) is 0 Å². The number of benzene rings is 1. The molecule has 0 atom stereocenters. The Hall–Kier alpha value is -1.01. The van der Waals surface area contributed by atoms with E-state index < -0.39 is 21.7 Å². The van der Waals surface area contributed by atoms with Crippen LogP contribution in [0.1, 0.15) is 5.56 Å². The average molecular weight is 448 g/mol. The van der Waals surface area contributed by atoms with Gasteiger partial charge in [0.25, 0.3) is 0 Å².